The summed E-state index contributed by atoms with van der Waals surface area (Å²) in [5, 5.41) is 10.8. The van der Waals surface area contributed by atoms with Gasteiger partial charge in [0.2, 0.25) is 0 Å². The van der Waals surface area contributed by atoms with Crippen LogP contribution in [-0.4, -0.2) is 21.1 Å². The first-order valence-corrected chi connectivity index (χ1v) is 7.28. The second-order valence-corrected chi connectivity index (χ2v) is 5.27. The van der Waals surface area contributed by atoms with E-state index < -0.39 is 0 Å². The molecule has 0 spiro atoms. The molecule has 0 saturated carbocycles. The molecule has 4 rings (SSSR count). The van der Waals surface area contributed by atoms with Crippen molar-refractivity contribution in [3.05, 3.63) is 72.7 Å². The quantitative estimate of drug-likeness (QED) is 0.538. The van der Waals surface area contributed by atoms with E-state index in [4.69, 9.17) is 0 Å². The van der Waals surface area contributed by atoms with Crippen LogP contribution in [0.4, 0.5) is 5.69 Å². The van der Waals surface area contributed by atoms with Crippen LogP contribution < -0.4 is 5.32 Å². The molecule has 0 unspecified atom stereocenters. The largest absolute Gasteiger partial charge is 0.366 e. The molecule has 3 N–H and O–H groups in total. The maximum absolute atomic E-state index is 12.6. The van der Waals surface area contributed by atoms with Gasteiger partial charge < -0.3 is 10.3 Å². The summed E-state index contributed by atoms with van der Waals surface area (Å²) in [6, 6.07) is 15.5. The van der Waals surface area contributed by atoms with Gasteiger partial charge in [-0.25, -0.2) is 0 Å². The molecule has 2 aromatic heterocycles. The summed E-state index contributed by atoms with van der Waals surface area (Å²) in [6.07, 6.45) is 5.29. The minimum Gasteiger partial charge on any atom is -0.366 e. The number of rotatable bonds is 3. The van der Waals surface area contributed by atoms with Crippen molar-refractivity contribution in [2.75, 3.05) is 5.32 Å². The molecular weight excluding hydrogens is 288 g/mol. The van der Waals surface area contributed by atoms with Crippen molar-refractivity contribution in [3.8, 4) is 11.1 Å². The van der Waals surface area contributed by atoms with Gasteiger partial charge in [0.15, 0.2) is 0 Å². The zero-order chi connectivity index (χ0) is 15.6. The number of hydrogen-bond donors (Lipinski definition) is 3. The van der Waals surface area contributed by atoms with E-state index in [0.717, 1.165) is 27.7 Å². The zero-order valence-electron chi connectivity index (χ0n) is 12.2. The molecule has 0 aliphatic rings. The van der Waals surface area contributed by atoms with Gasteiger partial charge in [0.1, 0.15) is 0 Å². The van der Waals surface area contributed by atoms with Crippen LogP contribution in [0.2, 0.25) is 0 Å². The van der Waals surface area contributed by atoms with Crippen molar-refractivity contribution in [2.45, 2.75) is 0 Å². The van der Waals surface area contributed by atoms with Gasteiger partial charge in [-0.2, -0.15) is 5.10 Å². The summed E-state index contributed by atoms with van der Waals surface area (Å²) < 4.78 is 0. The normalized spacial score (nSPS) is 10.8. The van der Waals surface area contributed by atoms with E-state index in [1.54, 1.807) is 12.4 Å². The number of benzene rings is 2. The fraction of sp³-hybridized carbons (Fsp3) is 0. The lowest BCUT2D eigenvalue weighted by atomic mass is 10.0. The smallest absolute Gasteiger partial charge is 0.257 e. The van der Waals surface area contributed by atoms with Gasteiger partial charge >= 0.3 is 0 Å². The Bertz CT molecular complexity index is 969. The summed E-state index contributed by atoms with van der Waals surface area (Å²) in [6.45, 7) is 0. The topological polar surface area (TPSA) is 73.6 Å². The minimum atomic E-state index is -0.145. The lowest BCUT2D eigenvalue weighted by Crippen LogP contribution is -2.11. The Morgan fingerprint density at radius 3 is 2.78 bits per heavy atom. The van der Waals surface area contributed by atoms with Gasteiger partial charge in [-0.05, 0) is 23.8 Å². The summed E-state index contributed by atoms with van der Waals surface area (Å²) in [5.74, 6) is -0.145. The molecule has 0 radical (unpaired) electrons. The molecule has 2 aromatic carbocycles. The molecule has 4 aromatic rings. The summed E-state index contributed by atoms with van der Waals surface area (Å²) in [5.41, 5.74) is 4.18. The Kier molecular flexibility index (Phi) is 3.16. The van der Waals surface area contributed by atoms with Crippen LogP contribution in [0.5, 0.6) is 0 Å². The van der Waals surface area contributed by atoms with Crippen LogP contribution in [-0.2, 0) is 0 Å². The van der Waals surface area contributed by atoms with Crippen LogP contribution in [0.25, 0.3) is 22.0 Å². The third-order valence-corrected chi connectivity index (χ3v) is 3.77. The number of fused-ring (bicyclic) bond motifs is 1. The molecule has 5 nitrogen and oxygen atoms in total. The third kappa shape index (κ3) is 2.48. The number of nitrogens with one attached hydrogen (secondary N) is 3. The fourth-order valence-electron chi connectivity index (χ4n) is 2.63. The highest BCUT2D eigenvalue weighted by Crippen LogP contribution is 2.24. The molecular formula is C18H14N4O. The van der Waals surface area contributed by atoms with Crippen molar-refractivity contribution < 1.29 is 4.79 Å². The SMILES string of the molecule is O=C(Nc1ccc2[nH]ncc2c1)c1c[nH]cc1-c1ccccc1. The van der Waals surface area contributed by atoms with Crippen molar-refractivity contribution >= 4 is 22.5 Å². The number of carbonyl (C=O) groups is 1. The monoisotopic (exact) mass is 302 g/mol. The average Bonchev–Trinajstić information content (AvgIpc) is 3.24. The maximum Gasteiger partial charge on any atom is 0.257 e. The highest BCUT2D eigenvalue weighted by atomic mass is 16.1. The molecule has 0 fully saturated rings. The molecule has 0 aliphatic carbocycles. The van der Waals surface area contributed by atoms with Gasteiger partial charge in [-0.1, -0.05) is 30.3 Å². The van der Waals surface area contributed by atoms with Crippen LogP contribution in [0, 0.1) is 0 Å². The van der Waals surface area contributed by atoms with E-state index in [1.807, 2.05) is 54.7 Å². The lowest BCUT2D eigenvalue weighted by Gasteiger charge is -2.06. The Labute approximate surface area is 132 Å². The first-order chi connectivity index (χ1) is 11.3. The van der Waals surface area contributed by atoms with E-state index in [2.05, 4.69) is 20.5 Å². The molecule has 23 heavy (non-hydrogen) atoms. The van der Waals surface area contributed by atoms with E-state index >= 15 is 0 Å². The average molecular weight is 302 g/mol. The summed E-state index contributed by atoms with van der Waals surface area (Å²) in [4.78, 5) is 15.6. The molecule has 0 saturated heterocycles. The Morgan fingerprint density at radius 1 is 1.04 bits per heavy atom. The van der Waals surface area contributed by atoms with Crippen LogP contribution >= 0.6 is 0 Å². The maximum atomic E-state index is 12.6. The van der Waals surface area contributed by atoms with Gasteiger partial charge in [-0.3, -0.25) is 9.89 Å². The van der Waals surface area contributed by atoms with Crippen LogP contribution in [0.15, 0.2) is 67.1 Å². The van der Waals surface area contributed by atoms with Crippen molar-refractivity contribution in [3.63, 3.8) is 0 Å². The third-order valence-electron chi connectivity index (χ3n) is 3.77. The number of H-pyrrole nitrogens is 2. The number of aromatic amines is 2. The standard InChI is InChI=1S/C18H14N4O/c23-18(21-14-6-7-17-13(8-14)9-20-22-17)16-11-19-10-15(16)12-4-2-1-3-5-12/h1-11,19H,(H,20,22)(H,21,23). The van der Waals surface area contributed by atoms with Gasteiger partial charge in [0, 0.05) is 29.0 Å². The number of nitrogens with zero attached hydrogens (tertiary/aromatic N) is 1. The summed E-state index contributed by atoms with van der Waals surface area (Å²) in [7, 11) is 0. The number of hydrogen-bond acceptors (Lipinski definition) is 2. The van der Waals surface area contributed by atoms with E-state index in [-0.39, 0.29) is 5.91 Å². The number of aromatic nitrogens is 3. The van der Waals surface area contributed by atoms with Gasteiger partial charge in [0.25, 0.3) is 5.91 Å². The van der Waals surface area contributed by atoms with Crippen LogP contribution in [0.1, 0.15) is 10.4 Å². The molecule has 112 valence electrons. The number of amides is 1. The first kappa shape index (κ1) is 13.3. The second kappa shape index (κ2) is 5.46. The van der Waals surface area contributed by atoms with E-state index in [9.17, 15) is 4.79 Å². The molecule has 5 heteroatoms. The van der Waals surface area contributed by atoms with Gasteiger partial charge in [0.05, 0.1) is 17.3 Å². The second-order valence-electron chi connectivity index (χ2n) is 5.27. The molecule has 0 bridgehead atoms. The van der Waals surface area contributed by atoms with Crippen molar-refractivity contribution in [2.24, 2.45) is 0 Å². The lowest BCUT2D eigenvalue weighted by molar-refractivity contribution is 0.102. The predicted octanol–water partition coefficient (Wildman–Crippen LogP) is 3.81. The Balaban J connectivity index is 1.64. The summed E-state index contributed by atoms with van der Waals surface area (Å²) >= 11 is 0. The van der Waals surface area contributed by atoms with E-state index in [0.29, 0.717) is 5.56 Å². The highest BCUT2D eigenvalue weighted by Gasteiger charge is 2.14. The Morgan fingerprint density at radius 2 is 1.91 bits per heavy atom. The Hall–Kier alpha value is -3.34. The van der Waals surface area contributed by atoms with E-state index in [1.165, 1.54) is 0 Å². The minimum absolute atomic E-state index is 0.145. The predicted molar refractivity (Wildman–Crippen MR) is 90.3 cm³/mol. The first-order valence-electron chi connectivity index (χ1n) is 7.28. The van der Waals surface area contributed by atoms with Crippen molar-refractivity contribution in [1.29, 1.82) is 0 Å². The highest BCUT2D eigenvalue weighted by molar-refractivity contribution is 6.09. The molecule has 1 amide bonds. The fourth-order valence-corrected chi connectivity index (χ4v) is 2.63. The van der Waals surface area contributed by atoms with Crippen molar-refractivity contribution in [1.82, 2.24) is 15.2 Å². The molecule has 0 atom stereocenters. The molecule has 0 aliphatic heterocycles. The molecule has 2 heterocycles. The number of anilines is 1. The van der Waals surface area contributed by atoms with Crippen LogP contribution in [0.3, 0.4) is 0 Å². The van der Waals surface area contributed by atoms with Gasteiger partial charge in [-0.15, -0.1) is 0 Å². The zero-order valence-corrected chi connectivity index (χ0v) is 12.2. The number of carbonyl (C=O) groups excluding carboxylic acids is 1.